The van der Waals surface area contributed by atoms with Crippen molar-refractivity contribution in [2.45, 2.75) is 24.9 Å². The molecule has 4 N–H and O–H groups in total. The van der Waals surface area contributed by atoms with E-state index in [2.05, 4.69) is 20.9 Å². The molecule has 0 fully saturated rings. The van der Waals surface area contributed by atoms with E-state index in [0.29, 0.717) is 16.3 Å². The number of rotatable bonds is 13. The van der Waals surface area contributed by atoms with E-state index in [1.807, 2.05) is 5.32 Å². The van der Waals surface area contributed by atoms with Crippen LogP contribution in [0.5, 0.6) is 0 Å². The Morgan fingerprint density at radius 2 is 1.92 bits per heavy atom. The van der Waals surface area contributed by atoms with Gasteiger partial charge < -0.3 is 20.7 Å². The van der Waals surface area contributed by atoms with E-state index in [1.165, 1.54) is 42.6 Å². The molecule has 3 aromatic rings. The maximum Gasteiger partial charge on any atom is 0.412 e. The Morgan fingerprint density at radius 3 is 2.69 bits per heavy atom. The van der Waals surface area contributed by atoms with Crippen LogP contribution in [0.3, 0.4) is 0 Å². The van der Waals surface area contributed by atoms with Crippen LogP contribution in [0.2, 0.25) is 5.02 Å². The largest absolute Gasteiger partial charge is 0.447 e. The number of pyridine rings is 1. The summed E-state index contributed by atoms with van der Waals surface area (Å²) in [5.41, 5.74) is 0.387. The highest BCUT2D eigenvalue weighted by atomic mass is 35.5. The van der Waals surface area contributed by atoms with Crippen LogP contribution < -0.4 is 21.3 Å². The normalized spacial score (nSPS) is 12.0. The highest BCUT2D eigenvalue weighted by Crippen LogP contribution is 2.21. The molecule has 1 atom stereocenters. The number of nitrogens with one attached hydrogen (secondary N) is 4. The van der Waals surface area contributed by atoms with Crippen molar-refractivity contribution >= 4 is 46.6 Å². The summed E-state index contributed by atoms with van der Waals surface area (Å²) in [6, 6.07) is 8.23. The second-order valence-electron chi connectivity index (χ2n) is 8.42. The number of nitrogens with zero attached hydrogens (tertiary/aromatic N) is 1. The van der Waals surface area contributed by atoms with Crippen molar-refractivity contribution in [2.75, 3.05) is 25.0 Å². The van der Waals surface area contributed by atoms with Gasteiger partial charge in [-0.2, -0.15) is 0 Å². The molecule has 9 nitrogen and oxygen atoms in total. The van der Waals surface area contributed by atoms with E-state index >= 15 is 0 Å². The number of aromatic nitrogens is 1. The third kappa shape index (κ3) is 9.37. The first-order valence-corrected chi connectivity index (χ1v) is 11.9. The van der Waals surface area contributed by atoms with Crippen molar-refractivity contribution in [2.24, 2.45) is 0 Å². The highest BCUT2D eigenvalue weighted by molar-refractivity contribution is 6.31. The van der Waals surface area contributed by atoms with E-state index in [0.717, 1.165) is 0 Å². The van der Waals surface area contributed by atoms with Crippen LogP contribution in [-0.2, 0) is 20.9 Å². The van der Waals surface area contributed by atoms with Crippen LogP contribution in [0.1, 0.15) is 12.0 Å². The van der Waals surface area contributed by atoms with E-state index in [4.69, 9.17) is 16.3 Å². The third-order valence-corrected chi connectivity index (χ3v) is 5.74. The number of amides is 3. The van der Waals surface area contributed by atoms with Crippen LogP contribution in [0, 0.1) is 11.6 Å². The number of carbonyl (C=O) groups excluding carboxylic acids is 3. The lowest BCUT2D eigenvalue weighted by Crippen LogP contribution is -2.47. The first kappa shape index (κ1) is 29.6. The van der Waals surface area contributed by atoms with Crippen LogP contribution in [0.15, 0.2) is 48.7 Å². The molecule has 2 aromatic carbocycles. The van der Waals surface area contributed by atoms with Gasteiger partial charge in [-0.15, -0.1) is 0 Å². The molecule has 1 aromatic heterocycles. The van der Waals surface area contributed by atoms with Gasteiger partial charge in [0, 0.05) is 24.5 Å². The summed E-state index contributed by atoms with van der Waals surface area (Å²) in [5, 5.41) is 10.2. The van der Waals surface area contributed by atoms with Crippen molar-refractivity contribution in [3.63, 3.8) is 0 Å². The molecule has 0 bridgehead atoms. The summed E-state index contributed by atoms with van der Waals surface area (Å²) in [6.45, 7) is -1.96. The lowest BCUT2D eigenvalue weighted by molar-refractivity contribution is -0.122. The van der Waals surface area contributed by atoms with Gasteiger partial charge in [0.2, 0.25) is 12.3 Å². The molecule has 0 unspecified atom stereocenters. The van der Waals surface area contributed by atoms with Crippen LogP contribution in [0.25, 0.3) is 10.8 Å². The van der Waals surface area contributed by atoms with Crippen molar-refractivity contribution in [1.82, 2.24) is 20.9 Å². The molecule has 0 saturated heterocycles. The number of fused-ring (bicyclic) bond motifs is 1. The summed E-state index contributed by atoms with van der Waals surface area (Å²) in [7, 11) is 0. The minimum absolute atomic E-state index is 0.0235. The second kappa shape index (κ2) is 13.7. The maximum absolute atomic E-state index is 14.3. The SMILES string of the molecule is O=CNCC(F)(F)C[C@@H](COC(=O)Nc1cc2cc(F)ccc2cn1)NC(=O)CNCc1cccc(F)c1Cl. The molecule has 0 radical (unpaired) electrons. The van der Waals surface area contributed by atoms with E-state index in [-0.39, 0.29) is 30.3 Å². The third-order valence-electron chi connectivity index (χ3n) is 5.32. The lowest BCUT2D eigenvalue weighted by Gasteiger charge is -2.24. The number of anilines is 1. The summed E-state index contributed by atoms with van der Waals surface area (Å²) in [4.78, 5) is 39.1. The van der Waals surface area contributed by atoms with Gasteiger partial charge >= 0.3 is 6.09 Å². The maximum atomic E-state index is 14.3. The molecule has 0 saturated carbocycles. The number of hydrogen-bond acceptors (Lipinski definition) is 6. The van der Waals surface area contributed by atoms with Crippen LogP contribution >= 0.6 is 11.6 Å². The molecule has 0 aliphatic carbocycles. The van der Waals surface area contributed by atoms with Gasteiger partial charge in [0.05, 0.1) is 24.2 Å². The smallest absolute Gasteiger partial charge is 0.412 e. The number of hydrogen-bond donors (Lipinski definition) is 4. The van der Waals surface area contributed by atoms with E-state index < -0.39 is 55.2 Å². The monoisotopic (exact) mass is 569 g/mol. The predicted molar refractivity (Wildman–Crippen MR) is 135 cm³/mol. The van der Waals surface area contributed by atoms with Gasteiger partial charge in [0.25, 0.3) is 5.92 Å². The van der Waals surface area contributed by atoms with Crippen molar-refractivity contribution < 1.29 is 36.7 Å². The second-order valence-corrected chi connectivity index (χ2v) is 8.80. The molecular formula is C25H24ClF4N5O4. The molecule has 0 spiro atoms. The number of halogens is 5. The predicted octanol–water partition coefficient (Wildman–Crippen LogP) is 3.76. The molecule has 39 heavy (non-hydrogen) atoms. The zero-order valence-corrected chi connectivity index (χ0v) is 21.0. The van der Waals surface area contributed by atoms with Crippen molar-refractivity contribution in [3.8, 4) is 0 Å². The van der Waals surface area contributed by atoms with Gasteiger partial charge in [-0.3, -0.25) is 14.9 Å². The Morgan fingerprint density at radius 1 is 1.13 bits per heavy atom. The summed E-state index contributed by atoms with van der Waals surface area (Å²) in [5.74, 6) is -5.24. The quantitative estimate of drug-likeness (QED) is 0.184. The summed E-state index contributed by atoms with van der Waals surface area (Å²) < 4.78 is 60.6. The van der Waals surface area contributed by atoms with Gasteiger partial charge in [-0.05, 0) is 41.3 Å². The van der Waals surface area contributed by atoms with E-state index in [9.17, 15) is 31.9 Å². The molecule has 3 amide bonds. The minimum Gasteiger partial charge on any atom is -0.447 e. The molecule has 0 aliphatic heterocycles. The van der Waals surface area contributed by atoms with E-state index in [1.54, 1.807) is 6.07 Å². The average Bonchev–Trinajstić information content (AvgIpc) is 2.88. The minimum atomic E-state index is -3.44. The number of ether oxygens (including phenoxy) is 1. The Hall–Kier alpha value is -3.97. The Labute approximate surface area is 225 Å². The van der Waals surface area contributed by atoms with Gasteiger partial charge in [-0.25, -0.2) is 27.3 Å². The zero-order valence-electron chi connectivity index (χ0n) is 20.3. The lowest BCUT2D eigenvalue weighted by atomic mass is 10.1. The topological polar surface area (TPSA) is 121 Å². The highest BCUT2D eigenvalue weighted by Gasteiger charge is 2.34. The molecule has 3 rings (SSSR count). The molecule has 14 heteroatoms. The zero-order chi connectivity index (χ0) is 28.4. The number of alkyl halides is 2. The van der Waals surface area contributed by atoms with Crippen LogP contribution in [0.4, 0.5) is 28.2 Å². The first-order chi connectivity index (χ1) is 18.6. The Balaban J connectivity index is 1.58. The molecule has 208 valence electrons. The van der Waals surface area contributed by atoms with Crippen LogP contribution in [-0.4, -0.2) is 55.1 Å². The van der Waals surface area contributed by atoms with Gasteiger partial charge in [-0.1, -0.05) is 23.7 Å². The fourth-order valence-electron chi connectivity index (χ4n) is 3.55. The van der Waals surface area contributed by atoms with Gasteiger partial charge in [0.15, 0.2) is 0 Å². The molecule has 0 aliphatic rings. The summed E-state index contributed by atoms with van der Waals surface area (Å²) >= 11 is 5.87. The first-order valence-electron chi connectivity index (χ1n) is 11.5. The number of benzene rings is 2. The fourth-order valence-corrected chi connectivity index (χ4v) is 3.74. The van der Waals surface area contributed by atoms with Crippen molar-refractivity contribution in [3.05, 3.63) is 70.9 Å². The summed E-state index contributed by atoms with van der Waals surface area (Å²) in [6.07, 6.45) is -0.505. The fraction of sp³-hybridized carbons (Fsp3) is 0.280. The van der Waals surface area contributed by atoms with Gasteiger partial charge in [0.1, 0.15) is 24.1 Å². The molecule has 1 heterocycles. The number of carbonyl (C=O) groups is 3. The van der Waals surface area contributed by atoms with Crippen molar-refractivity contribution in [1.29, 1.82) is 0 Å². The average molecular weight is 570 g/mol. The standard InChI is InChI=1S/C25H24ClF4N5O4/c26-23-16(2-1-3-20(23)28)9-31-11-22(37)34-19(8-25(29,30)13-32-14-36)12-39-24(38)35-21-7-17-6-18(27)5-4-15(17)10-33-21/h1-7,10,14,19,31H,8-9,11-13H2,(H,32,36)(H,34,37)(H,33,35,38)/t19-/m0/s1. The Kier molecular flexibility index (Phi) is 10.4. The Bertz CT molecular complexity index is 1330. The molecular weight excluding hydrogens is 546 g/mol.